The predicted molar refractivity (Wildman–Crippen MR) is 119 cm³/mol. The normalized spacial score (nSPS) is 11.7. The Morgan fingerprint density at radius 2 is 1.90 bits per heavy atom. The summed E-state index contributed by atoms with van der Waals surface area (Å²) in [5.41, 5.74) is 2.19. The Morgan fingerprint density at radius 3 is 2.55 bits per heavy atom. The van der Waals surface area contributed by atoms with Crippen LogP contribution in [0.25, 0.3) is 0 Å². The average Bonchev–Trinajstić information content (AvgIpc) is 3.12. The van der Waals surface area contributed by atoms with E-state index < -0.39 is 0 Å². The van der Waals surface area contributed by atoms with Crippen molar-refractivity contribution in [3.8, 4) is 0 Å². The van der Waals surface area contributed by atoms with Gasteiger partial charge in [0.1, 0.15) is 0 Å². The van der Waals surface area contributed by atoms with Crippen LogP contribution in [0.3, 0.4) is 0 Å². The van der Waals surface area contributed by atoms with E-state index in [1.807, 2.05) is 49.0 Å². The number of hydrogen-bond donors (Lipinski definition) is 2. The van der Waals surface area contributed by atoms with Crippen LogP contribution in [0.5, 0.6) is 0 Å². The van der Waals surface area contributed by atoms with Crippen LogP contribution in [-0.4, -0.2) is 27.1 Å². The molecule has 0 aliphatic heterocycles. The van der Waals surface area contributed by atoms with Crippen molar-refractivity contribution in [3.63, 3.8) is 0 Å². The first-order chi connectivity index (χ1) is 13.9. The van der Waals surface area contributed by atoms with Gasteiger partial charge in [0.2, 0.25) is 5.91 Å². The van der Waals surface area contributed by atoms with Crippen LogP contribution >= 0.6 is 27.7 Å². The summed E-state index contributed by atoms with van der Waals surface area (Å²) in [7, 11) is 1.88. The van der Waals surface area contributed by atoms with Gasteiger partial charge in [-0.1, -0.05) is 45.9 Å². The highest BCUT2D eigenvalue weighted by Gasteiger charge is 2.14. The summed E-state index contributed by atoms with van der Waals surface area (Å²) in [6, 6.07) is 14.5. The summed E-state index contributed by atoms with van der Waals surface area (Å²) >= 11 is 4.87. The number of rotatable bonds is 7. The number of hydrogen-bond acceptors (Lipinski definition) is 4. The summed E-state index contributed by atoms with van der Waals surface area (Å²) in [4.78, 5) is 28.8. The van der Waals surface area contributed by atoms with Crippen LogP contribution in [0.15, 0.2) is 70.6 Å². The Morgan fingerprint density at radius 1 is 1.17 bits per heavy atom. The summed E-state index contributed by atoms with van der Waals surface area (Å²) in [5, 5.41) is 6.60. The lowest BCUT2D eigenvalue weighted by Gasteiger charge is -2.16. The molecule has 3 aromatic rings. The van der Waals surface area contributed by atoms with Crippen molar-refractivity contribution in [1.29, 1.82) is 0 Å². The van der Waals surface area contributed by atoms with E-state index in [0.29, 0.717) is 11.3 Å². The van der Waals surface area contributed by atoms with Gasteiger partial charge in [-0.25, -0.2) is 4.98 Å². The van der Waals surface area contributed by atoms with Gasteiger partial charge >= 0.3 is 0 Å². The lowest BCUT2D eigenvalue weighted by molar-refractivity contribution is -0.113. The highest BCUT2D eigenvalue weighted by Crippen LogP contribution is 2.23. The summed E-state index contributed by atoms with van der Waals surface area (Å²) in [5.74, 6) is -0.0365. The van der Waals surface area contributed by atoms with Crippen LogP contribution in [0.4, 0.5) is 5.69 Å². The van der Waals surface area contributed by atoms with E-state index in [4.69, 9.17) is 0 Å². The van der Waals surface area contributed by atoms with E-state index in [9.17, 15) is 9.59 Å². The smallest absolute Gasteiger partial charge is 0.251 e. The average molecular weight is 473 g/mol. The van der Waals surface area contributed by atoms with Crippen LogP contribution in [0.2, 0.25) is 0 Å². The number of nitrogens with one attached hydrogen (secondary N) is 2. The van der Waals surface area contributed by atoms with E-state index in [-0.39, 0.29) is 23.6 Å². The van der Waals surface area contributed by atoms with E-state index in [1.165, 1.54) is 11.8 Å². The topological polar surface area (TPSA) is 76.0 Å². The Labute approximate surface area is 182 Å². The molecule has 1 unspecified atom stereocenters. The zero-order valence-electron chi connectivity index (χ0n) is 16.1. The fraction of sp³-hybridized carbons (Fsp3) is 0.190. The zero-order valence-corrected chi connectivity index (χ0v) is 18.5. The second-order valence-corrected chi connectivity index (χ2v) is 8.25. The van der Waals surface area contributed by atoms with E-state index in [2.05, 4.69) is 31.5 Å². The highest BCUT2D eigenvalue weighted by molar-refractivity contribution is 9.10. The van der Waals surface area contributed by atoms with Crippen molar-refractivity contribution in [2.45, 2.75) is 18.1 Å². The quantitative estimate of drug-likeness (QED) is 0.499. The molecule has 0 saturated heterocycles. The van der Waals surface area contributed by atoms with Crippen molar-refractivity contribution < 1.29 is 9.59 Å². The molecule has 1 aromatic heterocycles. The first-order valence-electron chi connectivity index (χ1n) is 8.99. The number of amides is 2. The third-order valence-corrected chi connectivity index (χ3v) is 6.04. The molecule has 0 radical (unpaired) electrons. The Kier molecular flexibility index (Phi) is 7.11. The number of carbonyl (C=O) groups is 2. The third kappa shape index (κ3) is 5.71. The number of anilines is 1. The molecule has 0 aliphatic carbocycles. The van der Waals surface area contributed by atoms with Crippen molar-refractivity contribution in [2.75, 3.05) is 11.1 Å². The summed E-state index contributed by atoms with van der Waals surface area (Å²) in [6.45, 7) is 1.94. The number of aryl methyl sites for hydroxylation is 1. The number of imidazole rings is 1. The third-order valence-electron chi connectivity index (χ3n) is 4.26. The van der Waals surface area contributed by atoms with Crippen molar-refractivity contribution >= 4 is 45.2 Å². The molecule has 0 aliphatic rings. The van der Waals surface area contributed by atoms with Gasteiger partial charge in [0.25, 0.3) is 5.91 Å². The largest absolute Gasteiger partial charge is 0.345 e. The standard InChI is InChI=1S/C21H21BrN4O2S/c1-14(17-5-3-4-6-18(17)22)24-20(28)15-7-9-16(10-8-15)25-19(27)13-29-21-23-11-12-26(21)2/h3-12,14H,13H2,1-2H3,(H,24,28)(H,25,27). The minimum Gasteiger partial charge on any atom is -0.345 e. The molecule has 0 spiro atoms. The van der Waals surface area contributed by atoms with Gasteiger partial charge in [-0.2, -0.15) is 0 Å². The first-order valence-corrected chi connectivity index (χ1v) is 10.8. The Balaban J connectivity index is 1.54. The van der Waals surface area contributed by atoms with Gasteiger partial charge in [0, 0.05) is 35.2 Å². The fourth-order valence-corrected chi connectivity index (χ4v) is 4.07. The van der Waals surface area contributed by atoms with Crippen LogP contribution in [-0.2, 0) is 11.8 Å². The fourth-order valence-electron chi connectivity index (χ4n) is 2.71. The highest BCUT2D eigenvalue weighted by atomic mass is 79.9. The molecule has 2 N–H and O–H groups in total. The van der Waals surface area contributed by atoms with Crippen LogP contribution in [0, 0.1) is 0 Å². The van der Waals surface area contributed by atoms with E-state index in [1.54, 1.807) is 30.5 Å². The SMILES string of the molecule is CC(NC(=O)c1ccc(NC(=O)CSc2nccn2C)cc1)c1ccccc1Br. The minimum absolute atomic E-state index is 0.127. The molecule has 3 rings (SSSR count). The molecule has 6 nitrogen and oxygen atoms in total. The Hall–Kier alpha value is -2.58. The zero-order chi connectivity index (χ0) is 20.8. The molecule has 0 fully saturated rings. The first kappa shape index (κ1) is 21.1. The number of carbonyl (C=O) groups excluding carboxylic acids is 2. The van der Waals surface area contributed by atoms with Crippen molar-refractivity contribution in [1.82, 2.24) is 14.9 Å². The molecule has 2 aromatic carbocycles. The number of halogens is 1. The number of aromatic nitrogens is 2. The second-order valence-electron chi connectivity index (χ2n) is 6.45. The molecule has 29 heavy (non-hydrogen) atoms. The summed E-state index contributed by atoms with van der Waals surface area (Å²) in [6.07, 6.45) is 3.53. The number of nitrogens with zero attached hydrogens (tertiary/aromatic N) is 2. The van der Waals surface area contributed by atoms with Crippen LogP contribution in [0.1, 0.15) is 28.9 Å². The Bertz CT molecular complexity index is 1000. The number of benzene rings is 2. The maximum Gasteiger partial charge on any atom is 0.251 e. The lowest BCUT2D eigenvalue weighted by Crippen LogP contribution is -2.26. The molecular formula is C21H21BrN4O2S. The van der Waals surface area contributed by atoms with E-state index in [0.717, 1.165) is 15.2 Å². The molecule has 150 valence electrons. The molecule has 0 bridgehead atoms. The lowest BCUT2D eigenvalue weighted by atomic mass is 10.1. The maximum atomic E-state index is 12.5. The van der Waals surface area contributed by atoms with Gasteiger partial charge in [-0.05, 0) is 42.8 Å². The molecular weight excluding hydrogens is 452 g/mol. The van der Waals surface area contributed by atoms with Gasteiger partial charge < -0.3 is 15.2 Å². The van der Waals surface area contributed by atoms with Crippen molar-refractivity contribution in [3.05, 3.63) is 76.5 Å². The maximum absolute atomic E-state index is 12.5. The monoisotopic (exact) mass is 472 g/mol. The minimum atomic E-state index is -0.170. The van der Waals surface area contributed by atoms with Crippen LogP contribution < -0.4 is 10.6 Å². The van der Waals surface area contributed by atoms with Crippen molar-refractivity contribution in [2.24, 2.45) is 7.05 Å². The summed E-state index contributed by atoms with van der Waals surface area (Å²) < 4.78 is 2.81. The predicted octanol–water partition coefficient (Wildman–Crippen LogP) is 4.40. The van der Waals surface area contributed by atoms with Gasteiger partial charge in [0.05, 0.1) is 11.8 Å². The second kappa shape index (κ2) is 9.76. The van der Waals surface area contributed by atoms with E-state index >= 15 is 0 Å². The number of thioether (sulfide) groups is 1. The molecule has 1 atom stereocenters. The molecule has 2 amide bonds. The van der Waals surface area contributed by atoms with Gasteiger partial charge in [0.15, 0.2) is 5.16 Å². The van der Waals surface area contributed by atoms with Gasteiger partial charge in [-0.15, -0.1) is 0 Å². The van der Waals surface area contributed by atoms with Gasteiger partial charge in [-0.3, -0.25) is 9.59 Å². The molecule has 8 heteroatoms. The molecule has 1 heterocycles. The molecule has 0 saturated carbocycles.